The number of nitrogens with zero attached hydrogens (tertiary/aromatic N) is 5. The van der Waals surface area contributed by atoms with E-state index in [1.165, 1.54) is 0 Å². The fourth-order valence-electron chi connectivity index (χ4n) is 4.82. The third kappa shape index (κ3) is 3.49. The smallest absolute Gasteiger partial charge is 0.326 e. The van der Waals surface area contributed by atoms with Crippen molar-refractivity contribution in [2.24, 2.45) is 0 Å². The molecule has 1 aliphatic heterocycles. The second-order valence-corrected chi connectivity index (χ2v) is 9.82. The van der Waals surface area contributed by atoms with E-state index in [-0.39, 0.29) is 11.8 Å². The van der Waals surface area contributed by atoms with Crippen molar-refractivity contribution in [3.05, 3.63) is 81.8 Å². The van der Waals surface area contributed by atoms with Gasteiger partial charge in [-0.05, 0) is 29.8 Å². The molecular formula is C25H21N7O2S. The number of H-pyrrole nitrogens is 2. The van der Waals surface area contributed by atoms with Gasteiger partial charge in [-0.1, -0.05) is 24.3 Å². The number of anilines is 1. The molecule has 1 unspecified atom stereocenters. The molecule has 0 radical (unpaired) electrons. The van der Waals surface area contributed by atoms with Gasteiger partial charge in [-0.3, -0.25) is 9.67 Å². The number of morpholine rings is 1. The highest BCUT2D eigenvalue weighted by Crippen LogP contribution is 2.31. The first-order chi connectivity index (χ1) is 17.2. The molecule has 0 spiro atoms. The summed E-state index contributed by atoms with van der Waals surface area (Å²) in [6.07, 6.45) is 3.64. The summed E-state index contributed by atoms with van der Waals surface area (Å²) < 4.78 is 8.88. The van der Waals surface area contributed by atoms with Crippen molar-refractivity contribution in [2.75, 3.05) is 24.6 Å². The zero-order valence-electron chi connectivity index (χ0n) is 18.6. The molecule has 1 saturated heterocycles. The number of imidazole rings is 1. The van der Waals surface area contributed by atoms with Crippen molar-refractivity contribution < 1.29 is 4.74 Å². The van der Waals surface area contributed by atoms with Crippen LogP contribution in [0.5, 0.6) is 0 Å². The predicted octanol–water partition coefficient (Wildman–Crippen LogP) is 3.84. The van der Waals surface area contributed by atoms with Crippen molar-refractivity contribution in [1.29, 1.82) is 0 Å². The van der Waals surface area contributed by atoms with Gasteiger partial charge in [0, 0.05) is 16.8 Å². The third-order valence-corrected chi connectivity index (χ3v) is 7.56. The quantitative estimate of drug-likeness (QED) is 0.395. The Morgan fingerprint density at radius 2 is 2.03 bits per heavy atom. The Morgan fingerprint density at radius 1 is 1.11 bits per heavy atom. The summed E-state index contributed by atoms with van der Waals surface area (Å²) in [5.41, 5.74) is 4.64. The molecule has 7 rings (SSSR count). The van der Waals surface area contributed by atoms with E-state index in [4.69, 9.17) is 9.72 Å². The summed E-state index contributed by atoms with van der Waals surface area (Å²) >= 11 is 1.62. The number of nitrogens with one attached hydrogen (secondary N) is 2. The molecule has 1 atom stereocenters. The van der Waals surface area contributed by atoms with E-state index in [0.717, 1.165) is 49.1 Å². The molecule has 6 aromatic rings. The van der Waals surface area contributed by atoms with Crippen molar-refractivity contribution in [3.8, 4) is 0 Å². The predicted molar refractivity (Wildman–Crippen MR) is 136 cm³/mol. The Morgan fingerprint density at radius 3 is 3.00 bits per heavy atom. The first kappa shape index (κ1) is 20.4. The lowest BCUT2D eigenvalue weighted by atomic mass is 10.0. The van der Waals surface area contributed by atoms with Gasteiger partial charge in [-0.25, -0.2) is 14.8 Å². The first-order valence-corrected chi connectivity index (χ1v) is 12.3. The number of fused-ring (bicyclic) bond motifs is 3. The van der Waals surface area contributed by atoms with E-state index < -0.39 is 0 Å². The summed E-state index contributed by atoms with van der Waals surface area (Å²) in [5, 5.41) is 8.28. The van der Waals surface area contributed by atoms with Crippen molar-refractivity contribution in [3.63, 3.8) is 0 Å². The summed E-state index contributed by atoms with van der Waals surface area (Å²) in [5.74, 6) is 0.693. The zero-order valence-corrected chi connectivity index (χ0v) is 19.5. The maximum Gasteiger partial charge on any atom is 0.326 e. The maximum atomic E-state index is 12.5. The molecule has 9 nitrogen and oxygen atoms in total. The second-order valence-electron chi connectivity index (χ2n) is 8.65. The van der Waals surface area contributed by atoms with Crippen LogP contribution in [0.3, 0.4) is 0 Å². The highest BCUT2D eigenvalue weighted by Gasteiger charge is 2.25. The molecule has 5 heterocycles. The van der Waals surface area contributed by atoms with E-state index in [9.17, 15) is 4.79 Å². The van der Waals surface area contributed by atoms with Gasteiger partial charge in [0.15, 0.2) is 0 Å². The molecule has 0 amide bonds. The monoisotopic (exact) mass is 483 g/mol. The molecule has 0 saturated carbocycles. The van der Waals surface area contributed by atoms with E-state index in [1.807, 2.05) is 48.8 Å². The molecule has 0 aliphatic carbocycles. The van der Waals surface area contributed by atoms with Crippen LogP contribution in [0.15, 0.2) is 65.7 Å². The lowest BCUT2D eigenvalue weighted by Crippen LogP contribution is -2.39. The van der Waals surface area contributed by atoms with Crippen LogP contribution < -0.4 is 10.6 Å². The lowest BCUT2D eigenvalue weighted by molar-refractivity contribution is 0.0402. The highest BCUT2D eigenvalue weighted by molar-refractivity contribution is 7.18. The Balaban J connectivity index is 1.17. The number of benzene rings is 2. The molecule has 1 fully saturated rings. The molecule has 2 N–H and O–H groups in total. The van der Waals surface area contributed by atoms with Gasteiger partial charge >= 0.3 is 5.69 Å². The average Bonchev–Trinajstić information content (AvgIpc) is 3.60. The minimum atomic E-state index is -0.109. The normalized spacial score (nSPS) is 16.6. The summed E-state index contributed by atoms with van der Waals surface area (Å²) in [6, 6.07) is 15.9. The fraction of sp³-hybridized carbons (Fsp3) is 0.200. The number of hydrogen-bond donors (Lipinski definition) is 2. The average molecular weight is 484 g/mol. The molecule has 35 heavy (non-hydrogen) atoms. The van der Waals surface area contributed by atoms with E-state index >= 15 is 0 Å². The van der Waals surface area contributed by atoms with Gasteiger partial charge in [0.2, 0.25) is 5.95 Å². The van der Waals surface area contributed by atoms with E-state index in [2.05, 4.69) is 37.2 Å². The fourth-order valence-corrected chi connectivity index (χ4v) is 5.78. The van der Waals surface area contributed by atoms with Crippen LogP contribution in [-0.2, 0) is 11.3 Å². The zero-order chi connectivity index (χ0) is 23.4. The van der Waals surface area contributed by atoms with Crippen LogP contribution in [0.4, 0.5) is 5.95 Å². The molecule has 10 heteroatoms. The summed E-state index contributed by atoms with van der Waals surface area (Å²) in [4.78, 5) is 28.2. The van der Waals surface area contributed by atoms with Gasteiger partial charge < -0.3 is 14.6 Å². The van der Waals surface area contributed by atoms with Gasteiger partial charge in [0.05, 0.1) is 58.9 Å². The van der Waals surface area contributed by atoms with Gasteiger partial charge in [0.1, 0.15) is 6.10 Å². The number of rotatable bonds is 4. The molecule has 174 valence electrons. The largest absolute Gasteiger partial charge is 0.370 e. The number of ether oxygens (including phenoxy) is 1. The standard InChI is InChI=1S/C25H21N7O2S/c33-25-29-19-5-1-2-7-21(19)32(25)13-15-10-20-23(35-15)12-26-24(28-20)31-8-9-34-22(14-31)16-4-3-6-18-17(16)11-27-30-18/h1-7,10-12,22H,8-9,13-14H2,(H,27,30)(H,29,33). The molecule has 1 aliphatic rings. The molecule has 4 aromatic heterocycles. The Kier molecular flexibility index (Phi) is 4.67. The van der Waals surface area contributed by atoms with Crippen LogP contribution in [0.1, 0.15) is 16.5 Å². The number of aromatic nitrogens is 6. The van der Waals surface area contributed by atoms with Crippen molar-refractivity contribution >= 4 is 49.4 Å². The molecule has 0 bridgehead atoms. The summed E-state index contributed by atoms with van der Waals surface area (Å²) in [6.45, 7) is 2.48. The molecular weight excluding hydrogens is 462 g/mol. The van der Waals surface area contributed by atoms with Crippen LogP contribution in [0.25, 0.3) is 32.2 Å². The Labute approximate surface area is 203 Å². The van der Waals surface area contributed by atoms with Crippen LogP contribution in [0.2, 0.25) is 0 Å². The topological polar surface area (TPSA) is 105 Å². The van der Waals surface area contributed by atoms with Gasteiger partial charge in [-0.2, -0.15) is 5.10 Å². The minimum absolute atomic E-state index is 0.0869. The van der Waals surface area contributed by atoms with Crippen LogP contribution >= 0.6 is 11.3 Å². The van der Waals surface area contributed by atoms with Gasteiger partial charge in [0.25, 0.3) is 0 Å². The van der Waals surface area contributed by atoms with Crippen molar-refractivity contribution in [1.82, 2.24) is 29.7 Å². The Bertz CT molecular complexity index is 1750. The van der Waals surface area contributed by atoms with Gasteiger partial charge in [-0.15, -0.1) is 11.3 Å². The van der Waals surface area contributed by atoms with Crippen molar-refractivity contribution in [2.45, 2.75) is 12.6 Å². The SMILES string of the molecule is O=c1[nH]c2ccccc2n1Cc1cc2nc(N3CCOC(c4cccc5[nH]ncc45)C3)ncc2s1. The minimum Gasteiger partial charge on any atom is -0.370 e. The number of thiophene rings is 1. The van der Waals surface area contributed by atoms with Crippen LogP contribution in [0, 0.1) is 0 Å². The van der Waals surface area contributed by atoms with Crippen LogP contribution in [-0.4, -0.2) is 49.4 Å². The summed E-state index contributed by atoms with van der Waals surface area (Å²) in [7, 11) is 0. The van der Waals surface area contributed by atoms with E-state index in [1.54, 1.807) is 15.9 Å². The van der Waals surface area contributed by atoms with E-state index in [0.29, 0.717) is 25.6 Å². The molecule has 2 aromatic carbocycles. The first-order valence-electron chi connectivity index (χ1n) is 11.4. The maximum absolute atomic E-state index is 12.5. The number of para-hydroxylation sites is 2. The highest BCUT2D eigenvalue weighted by atomic mass is 32.1. The third-order valence-electron chi connectivity index (χ3n) is 6.52. The Hall–Kier alpha value is -4.02. The lowest BCUT2D eigenvalue weighted by Gasteiger charge is -2.33. The second kappa shape index (κ2) is 8.03. The number of hydrogen-bond acceptors (Lipinski definition) is 7. The number of aromatic amines is 2.